The molecule has 0 aromatic heterocycles. The summed E-state index contributed by atoms with van der Waals surface area (Å²) < 4.78 is 13.1. The second-order valence-electron chi connectivity index (χ2n) is 7.31. The molecule has 1 amide bonds. The molecule has 2 aromatic rings. The molecule has 2 aromatic carbocycles. The second-order valence-corrected chi connectivity index (χ2v) is 7.31. The summed E-state index contributed by atoms with van der Waals surface area (Å²) in [5, 5.41) is 0. The Morgan fingerprint density at radius 1 is 1.08 bits per heavy atom. The SMILES string of the molecule is O=C(C1CC(c2ccc(F)cc2)NN1)N1CCC(Cc2ccccc2)C1. The van der Waals surface area contributed by atoms with Gasteiger partial charge in [-0.05, 0) is 48.4 Å². The van der Waals surface area contributed by atoms with Crippen molar-refractivity contribution in [2.24, 2.45) is 5.92 Å². The number of carbonyl (C=O) groups is 1. The third-order valence-corrected chi connectivity index (χ3v) is 5.44. The zero-order valence-corrected chi connectivity index (χ0v) is 14.7. The molecule has 4 rings (SSSR count). The molecular weight excluding hydrogens is 329 g/mol. The number of hydrogen-bond acceptors (Lipinski definition) is 3. The van der Waals surface area contributed by atoms with Gasteiger partial charge in [-0.2, -0.15) is 0 Å². The van der Waals surface area contributed by atoms with Crippen molar-refractivity contribution in [2.45, 2.75) is 31.3 Å². The van der Waals surface area contributed by atoms with Gasteiger partial charge in [-0.1, -0.05) is 42.5 Å². The van der Waals surface area contributed by atoms with Gasteiger partial charge in [-0.15, -0.1) is 0 Å². The zero-order chi connectivity index (χ0) is 17.9. The Labute approximate surface area is 153 Å². The van der Waals surface area contributed by atoms with E-state index in [2.05, 4.69) is 35.1 Å². The van der Waals surface area contributed by atoms with Crippen LogP contribution in [0.5, 0.6) is 0 Å². The number of carbonyl (C=O) groups excluding carboxylic acids is 1. The van der Waals surface area contributed by atoms with Crippen molar-refractivity contribution in [2.75, 3.05) is 13.1 Å². The van der Waals surface area contributed by atoms with Crippen LogP contribution in [0.1, 0.15) is 30.0 Å². The third kappa shape index (κ3) is 3.79. The van der Waals surface area contributed by atoms with Crippen LogP contribution in [0.2, 0.25) is 0 Å². The minimum atomic E-state index is -0.242. The van der Waals surface area contributed by atoms with E-state index in [0.717, 1.165) is 31.5 Å². The Hall–Kier alpha value is -2.24. The molecule has 2 heterocycles. The molecule has 4 nitrogen and oxygen atoms in total. The summed E-state index contributed by atoms with van der Waals surface area (Å²) in [6.07, 6.45) is 2.77. The minimum Gasteiger partial charge on any atom is -0.341 e. The number of halogens is 1. The van der Waals surface area contributed by atoms with E-state index in [1.165, 1.54) is 17.7 Å². The van der Waals surface area contributed by atoms with Gasteiger partial charge >= 0.3 is 0 Å². The first kappa shape index (κ1) is 17.2. The number of nitrogens with one attached hydrogen (secondary N) is 2. The fourth-order valence-electron chi connectivity index (χ4n) is 4.00. The van der Waals surface area contributed by atoms with E-state index in [9.17, 15) is 9.18 Å². The highest BCUT2D eigenvalue weighted by molar-refractivity contribution is 5.82. The molecule has 3 unspecified atom stereocenters. The van der Waals surface area contributed by atoms with Crippen molar-refractivity contribution in [3.05, 3.63) is 71.5 Å². The maximum atomic E-state index is 13.1. The number of amides is 1. The molecule has 0 bridgehead atoms. The van der Waals surface area contributed by atoms with E-state index in [1.807, 2.05) is 11.0 Å². The van der Waals surface area contributed by atoms with Crippen molar-refractivity contribution < 1.29 is 9.18 Å². The zero-order valence-electron chi connectivity index (χ0n) is 14.7. The third-order valence-electron chi connectivity index (χ3n) is 5.44. The van der Waals surface area contributed by atoms with Crippen LogP contribution in [0.15, 0.2) is 54.6 Å². The summed E-state index contributed by atoms with van der Waals surface area (Å²) in [5.41, 5.74) is 8.64. The Morgan fingerprint density at radius 3 is 2.62 bits per heavy atom. The van der Waals surface area contributed by atoms with Gasteiger partial charge < -0.3 is 4.90 Å². The fourth-order valence-corrected chi connectivity index (χ4v) is 4.00. The molecule has 0 spiro atoms. The van der Waals surface area contributed by atoms with Crippen molar-refractivity contribution in [1.82, 2.24) is 15.8 Å². The van der Waals surface area contributed by atoms with Gasteiger partial charge in [0.1, 0.15) is 11.9 Å². The van der Waals surface area contributed by atoms with Gasteiger partial charge in [0.25, 0.3) is 0 Å². The molecule has 0 aliphatic carbocycles. The fraction of sp³-hybridized carbons (Fsp3) is 0.381. The topological polar surface area (TPSA) is 44.4 Å². The summed E-state index contributed by atoms with van der Waals surface area (Å²) in [6.45, 7) is 1.66. The Bertz CT molecular complexity index is 750. The molecule has 2 N–H and O–H groups in total. The van der Waals surface area contributed by atoms with Crippen molar-refractivity contribution in [3.63, 3.8) is 0 Å². The monoisotopic (exact) mass is 353 g/mol. The number of hydrazine groups is 1. The van der Waals surface area contributed by atoms with Gasteiger partial charge in [0.15, 0.2) is 0 Å². The van der Waals surface area contributed by atoms with Crippen molar-refractivity contribution >= 4 is 5.91 Å². The maximum Gasteiger partial charge on any atom is 0.241 e. The molecule has 2 saturated heterocycles. The van der Waals surface area contributed by atoms with E-state index < -0.39 is 0 Å². The Morgan fingerprint density at radius 2 is 1.85 bits per heavy atom. The molecule has 3 atom stereocenters. The van der Waals surface area contributed by atoms with E-state index in [0.29, 0.717) is 12.3 Å². The summed E-state index contributed by atoms with van der Waals surface area (Å²) in [5.74, 6) is 0.454. The number of rotatable bonds is 4. The molecule has 2 aliphatic rings. The summed E-state index contributed by atoms with van der Waals surface area (Å²) in [7, 11) is 0. The van der Waals surface area contributed by atoms with Crippen LogP contribution >= 0.6 is 0 Å². The lowest BCUT2D eigenvalue weighted by Gasteiger charge is -2.20. The summed E-state index contributed by atoms with van der Waals surface area (Å²) >= 11 is 0. The van der Waals surface area contributed by atoms with Crippen molar-refractivity contribution in [3.8, 4) is 0 Å². The van der Waals surface area contributed by atoms with Crippen LogP contribution in [0.3, 0.4) is 0 Å². The van der Waals surface area contributed by atoms with Gasteiger partial charge in [0, 0.05) is 19.1 Å². The van der Waals surface area contributed by atoms with E-state index in [-0.39, 0.29) is 23.8 Å². The van der Waals surface area contributed by atoms with Crippen LogP contribution in [0, 0.1) is 11.7 Å². The predicted molar refractivity (Wildman–Crippen MR) is 98.7 cm³/mol. The summed E-state index contributed by atoms with van der Waals surface area (Å²) in [4.78, 5) is 14.8. The molecule has 2 aliphatic heterocycles. The average Bonchev–Trinajstić information content (AvgIpc) is 3.33. The first-order valence-electron chi connectivity index (χ1n) is 9.28. The second kappa shape index (κ2) is 7.56. The lowest BCUT2D eigenvalue weighted by Crippen LogP contribution is -2.44. The van der Waals surface area contributed by atoms with E-state index in [4.69, 9.17) is 0 Å². The normalized spacial score (nSPS) is 25.6. The molecule has 0 radical (unpaired) electrons. The van der Waals surface area contributed by atoms with Gasteiger partial charge in [-0.3, -0.25) is 4.79 Å². The lowest BCUT2D eigenvalue weighted by molar-refractivity contribution is -0.132. The van der Waals surface area contributed by atoms with Crippen LogP contribution < -0.4 is 10.9 Å². The van der Waals surface area contributed by atoms with E-state index in [1.54, 1.807) is 12.1 Å². The average molecular weight is 353 g/mol. The maximum absolute atomic E-state index is 13.1. The highest BCUT2D eigenvalue weighted by Crippen LogP contribution is 2.26. The van der Waals surface area contributed by atoms with Crippen LogP contribution in [-0.4, -0.2) is 29.9 Å². The van der Waals surface area contributed by atoms with Crippen molar-refractivity contribution in [1.29, 1.82) is 0 Å². The van der Waals surface area contributed by atoms with Crippen LogP contribution in [-0.2, 0) is 11.2 Å². The number of nitrogens with zero attached hydrogens (tertiary/aromatic N) is 1. The molecule has 26 heavy (non-hydrogen) atoms. The van der Waals surface area contributed by atoms with Gasteiger partial charge in [-0.25, -0.2) is 15.2 Å². The first-order valence-corrected chi connectivity index (χ1v) is 9.28. The Balaban J connectivity index is 1.32. The summed E-state index contributed by atoms with van der Waals surface area (Å²) in [6, 6.07) is 16.7. The molecular formula is C21H24FN3O. The lowest BCUT2D eigenvalue weighted by atomic mass is 9.99. The highest BCUT2D eigenvalue weighted by Gasteiger charge is 2.35. The largest absolute Gasteiger partial charge is 0.341 e. The molecule has 136 valence electrons. The smallest absolute Gasteiger partial charge is 0.241 e. The quantitative estimate of drug-likeness (QED) is 0.888. The van der Waals surface area contributed by atoms with Gasteiger partial charge in [0.2, 0.25) is 5.91 Å². The Kier molecular flexibility index (Phi) is 5.00. The van der Waals surface area contributed by atoms with E-state index >= 15 is 0 Å². The minimum absolute atomic E-state index is 0.0345. The van der Waals surface area contributed by atoms with Gasteiger partial charge in [0.05, 0.1) is 0 Å². The van der Waals surface area contributed by atoms with Crippen LogP contribution in [0.25, 0.3) is 0 Å². The number of likely N-dealkylation sites (tertiary alicyclic amines) is 1. The highest BCUT2D eigenvalue weighted by atomic mass is 19.1. The predicted octanol–water partition coefficient (Wildman–Crippen LogP) is 2.82. The number of benzene rings is 2. The standard InChI is InChI=1S/C21H24FN3O/c22-18-8-6-17(7-9-18)19-13-20(24-23-19)21(26)25-11-10-16(14-25)12-15-4-2-1-3-5-15/h1-9,16,19-20,23-24H,10-14H2. The molecule has 2 fully saturated rings. The first-order chi connectivity index (χ1) is 12.7. The molecule has 0 saturated carbocycles. The molecule has 5 heteroatoms. The number of hydrogen-bond donors (Lipinski definition) is 2. The van der Waals surface area contributed by atoms with Crippen LogP contribution in [0.4, 0.5) is 4.39 Å².